The molecule has 6 heteroatoms. The second kappa shape index (κ2) is 9.85. The van der Waals surface area contributed by atoms with Crippen LogP contribution in [-0.2, 0) is 27.0 Å². The molecular formula is C22H28N2O3S. The van der Waals surface area contributed by atoms with Crippen molar-refractivity contribution in [2.75, 3.05) is 19.6 Å². The number of hydrogen-bond acceptors (Lipinski definition) is 3. The van der Waals surface area contributed by atoms with Crippen LogP contribution >= 0.6 is 0 Å². The molecule has 1 aliphatic heterocycles. The molecular weight excluding hydrogens is 372 g/mol. The number of piperidine rings is 1. The number of carbonyl (C=O) groups is 1. The second-order valence-corrected chi connectivity index (χ2v) is 9.26. The zero-order valence-electron chi connectivity index (χ0n) is 16.1. The smallest absolute Gasteiger partial charge is 0.223 e. The lowest BCUT2D eigenvalue weighted by Gasteiger charge is -2.30. The largest absolute Gasteiger partial charge is 0.356 e. The predicted molar refractivity (Wildman–Crippen MR) is 111 cm³/mol. The maximum absolute atomic E-state index is 12.6. The van der Waals surface area contributed by atoms with Gasteiger partial charge in [-0.15, -0.1) is 0 Å². The maximum atomic E-state index is 12.6. The molecule has 0 spiro atoms. The summed E-state index contributed by atoms with van der Waals surface area (Å²) in [5, 5.41) is 3.01. The van der Waals surface area contributed by atoms with Gasteiger partial charge >= 0.3 is 0 Å². The Morgan fingerprint density at radius 2 is 1.50 bits per heavy atom. The molecule has 1 heterocycles. The Kier molecular flexibility index (Phi) is 7.23. The van der Waals surface area contributed by atoms with Crippen molar-refractivity contribution in [1.29, 1.82) is 0 Å². The highest BCUT2D eigenvalue weighted by Crippen LogP contribution is 2.22. The summed E-state index contributed by atoms with van der Waals surface area (Å²) in [5.74, 6) is -0.0300. The quantitative estimate of drug-likeness (QED) is 0.693. The summed E-state index contributed by atoms with van der Waals surface area (Å²) < 4.78 is 26.7. The fourth-order valence-electron chi connectivity index (χ4n) is 3.57. The van der Waals surface area contributed by atoms with Crippen LogP contribution < -0.4 is 5.32 Å². The van der Waals surface area contributed by atoms with Crippen LogP contribution in [0.25, 0.3) is 0 Å². The van der Waals surface area contributed by atoms with E-state index in [0.717, 1.165) is 18.4 Å². The van der Waals surface area contributed by atoms with Crippen molar-refractivity contribution in [3.05, 3.63) is 71.8 Å². The van der Waals surface area contributed by atoms with Gasteiger partial charge in [0, 0.05) is 25.6 Å². The highest BCUT2D eigenvalue weighted by atomic mass is 32.2. The molecule has 0 aliphatic carbocycles. The van der Waals surface area contributed by atoms with E-state index in [0.29, 0.717) is 32.5 Å². The summed E-state index contributed by atoms with van der Waals surface area (Å²) in [6.07, 6.45) is 3.01. The van der Waals surface area contributed by atoms with E-state index >= 15 is 0 Å². The number of sulfonamides is 1. The Morgan fingerprint density at radius 3 is 2.11 bits per heavy atom. The highest BCUT2D eigenvalue weighted by Gasteiger charge is 2.30. The van der Waals surface area contributed by atoms with E-state index in [1.165, 1.54) is 9.87 Å². The van der Waals surface area contributed by atoms with Gasteiger partial charge in [-0.3, -0.25) is 4.79 Å². The number of nitrogens with zero attached hydrogens (tertiary/aromatic N) is 1. The molecule has 0 bridgehead atoms. The van der Waals surface area contributed by atoms with Crippen molar-refractivity contribution >= 4 is 15.9 Å². The topological polar surface area (TPSA) is 66.5 Å². The summed E-state index contributed by atoms with van der Waals surface area (Å²) in [5.41, 5.74) is 2.06. The molecule has 1 saturated heterocycles. The lowest BCUT2D eigenvalue weighted by Crippen LogP contribution is -2.43. The average molecular weight is 401 g/mol. The van der Waals surface area contributed by atoms with Crippen LogP contribution in [0.2, 0.25) is 0 Å². The number of amides is 1. The Bertz CT molecular complexity index is 846. The molecule has 1 aliphatic rings. The predicted octanol–water partition coefficient (Wildman–Crippen LogP) is 2.98. The zero-order chi connectivity index (χ0) is 19.8. The molecule has 150 valence electrons. The summed E-state index contributed by atoms with van der Waals surface area (Å²) in [6, 6.07) is 19.4. The molecule has 2 aromatic carbocycles. The van der Waals surface area contributed by atoms with Crippen LogP contribution in [0.4, 0.5) is 0 Å². The molecule has 2 aromatic rings. The third-order valence-electron chi connectivity index (χ3n) is 5.19. The van der Waals surface area contributed by atoms with Gasteiger partial charge in [0.25, 0.3) is 0 Å². The molecule has 1 fully saturated rings. The van der Waals surface area contributed by atoms with E-state index in [1.54, 1.807) is 0 Å². The standard InChI is InChI=1S/C22H28N2O3S/c25-22(23-15-7-12-19-8-3-1-4-9-19)21-13-16-24(17-14-21)28(26,27)18-20-10-5-2-6-11-20/h1-6,8-11,21H,7,12-18H2,(H,23,25). The molecule has 1 amide bonds. The molecule has 0 saturated carbocycles. The first-order chi connectivity index (χ1) is 13.5. The van der Waals surface area contributed by atoms with Crippen molar-refractivity contribution in [3.8, 4) is 0 Å². The third-order valence-corrected chi connectivity index (χ3v) is 7.04. The van der Waals surface area contributed by atoms with Gasteiger partial charge in [0.15, 0.2) is 0 Å². The Morgan fingerprint density at radius 1 is 0.929 bits per heavy atom. The number of aryl methyl sites for hydroxylation is 1. The summed E-state index contributed by atoms with van der Waals surface area (Å²) in [4.78, 5) is 12.4. The van der Waals surface area contributed by atoms with E-state index in [2.05, 4.69) is 17.4 Å². The molecule has 3 rings (SSSR count). The fraction of sp³-hybridized carbons (Fsp3) is 0.409. The fourth-order valence-corrected chi connectivity index (χ4v) is 5.13. The van der Waals surface area contributed by atoms with Gasteiger partial charge in [-0.05, 0) is 36.8 Å². The lowest BCUT2D eigenvalue weighted by molar-refractivity contribution is -0.126. The first-order valence-corrected chi connectivity index (χ1v) is 11.5. The Hall–Kier alpha value is -2.18. The number of hydrogen-bond donors (Lipinski definition) is 1. The van der Waals surface area contributed by atoms with Gasteiger partial charge in [-0.1, -0.05) is 60.7 Å². The minimum atomic E-state index is -3.34. The summed E-state index contributed by atoms with van der Waals surface area (Å²) in [6.45, 7) is 1.48. The Balaban J connectivity index is 1.40. The molecule has 0 radical (unpaired) electrons. The van der Waals surface area contributed by atoms with Crippen molar-refractivity contribution in [2.45, 2.75) is 31.4 Å². The maximum Gasteiger partial charge on any atom is 0.223 e. The van der Waals surface area contributed by atoms with Crippen LogP contribution in [0.1, 0.15) is 30.4 Å². The van der Waals surface area contributed by atoms with Gasteiger partial charge in [0.2, 0.25) is 15.9 Å². The van der Waals surface area contributed by atoms with Crippen LogP contribution in [0.15, 0.2) is 60.7 Å². The first kappa shape index (κ1) is 20.6. The van der Waals surface area contributed by atoms with Crippen LogP contribution in [0, 0.1) is 5.92 Å². The number of benzene rings is 2. The summed E-state index contributed by atoms with van der Waals surface area (Å²) in [7, 11) is -3.34. The third kappa shape index (κ3) is 5.91. The Labute approximate surface area is 167 Å². The van der Waals surface area contributed by atoms with Crippen molar-refractivity contribution in [2.24, 2.45) is 5.92 Å². The van der Waals surface area contributed by atoms with Crippen molar-refractivity contribution < 1.29 is 13.2 Å². The number of nitrogens with one attached hydrogen (secondary N) is 1. The van der Waals surface area contributed by atoms with Gasteiger partial charge in [0.1, 0.15) is 0 Å². The zero-order valence-corrected chi connectivity index (χ0v) is 16.9. The van der Waals surface area contributed by atoms with Gasteiger partial charge < -0.3 is 5.32 Å². The first-order valence-electron chi connectivity index (χ1n) is 9.88. The second-order valence-electron chi connectivity index (χ2n) is 7.30. The molecule has 1 N–H and O–H groups in total. The number of rotatable bonds is 8. The molecule has 0 aromatic heterocycles. The minimum absolute atomic E-state index is 0.0180. The van der Waals surface area contributed by atoms with Crippen molar-refractivity contribution in [1.82, 2.24) is 9.62 Å². The monoisotopic (exact) mass is 400 g/mol. The average Bonchev–Trinajstić information content (AvgIpc) is 2.72. The number of carbonyl (C=O) groups excluding carboxylic acids is 1. The normalized spacial score (nSPS) is 16.0. The van der Waals surface area contributed by atoms with E-state index in [9.17, 15) is 13.2 Å². The van der Waals surface area contributed by atoms with Gasteiger partial charge in [0.05, 0.1) is 5.75 Å². The van der Waals surface area contributed by atoms with Crippen LogP contribution in [0.5, 0.6) is 0 Å². The molecule has 0 unspecified atom stereocenters. The van der Waals surface area contributed by atoms with E-state index in [1.807, 2.05) is 48.5 Å². The van der Waals surface area contributed by atoms with Crippen molar-refractivity contribution in [3.63, 3.8) is 0 Å². The van der Waals surface area contributed by atoms with E-state index < -0.39 is 10.0 Å². The minimum Gasteiger partial charge on any atom is -0.356 e. The van der Waals surface area contributed by atoms with E-state index in [-0.39, 0.29) is 17.6 Å². The van der Waals surface area contributed by atoms with Crippen LogP contribution in [0.3, 0.4) is 0 Å². The van der Waals surface area contributed by atoms with Gasteiger partial charge in [-0.25, -0.2) is 12.7 Å². The highest BCUT2D eigenvalue weighted by molar-refractivity contribution is 7.88. The SMILES string of the molecule is O=C(NCCCc1ccccc1)C1CCN(S(=O)(=O)Cc2ccccc2)CC1. The van der Waals surface area contributed by atoms with Crippen LogP contribution in [-0.4, -0.2) is 38.3 Å². The molecule has 5 nitrogen and oxygen atoms in total. The van der Waals surface area contributed by atoms with E-state index in [4.69, 9.17) is 0 Å². The molecule has 28 heavy (non-hydrogen) atoms. The lowest BCUT2D eigenvalue weighted by atomic mass is 9.97. The van der Waals surface area contributed by atoms with Gasteiger partial charge in [-0.2, -0.15) is 0 Å². The molecule has 0 atom stereocenters. The summed E-state index contributed by atoms with van der Waals surface area (Å²) >= 11 is 0.